The van der Waals surface area contributed by atoms with Crippen LogP contribution in [0.25, 0.3) is 0 Å². The van der Waals surface area contributed by atoms with Crippen LogP contribution in [0.2, 0.25) is 0 Å². The summed E-state index contributed by atoms with van der Waals surface area (Å²) in [6.07, 6.45) is 3.41. The van der Waals surface area contributed by atoms with E-state index in [0.717, 1.165) is 19.5 Å². The SMILES string of the molecule is CCCC(C)N1CCC(C)(O)C1. The number of β-amino-alcohol motifs (C(OH)–C–C–N with tert-alkyl or cyclic N) is 1. The fourth-order valence-corrected chi connectivity index (χ4v) is 1.96. The van der Waals surface area contributed by atoms with Crippen LogP contribution in [0, 0.1) is 0 Å². The number of rotatable bonds is 3. The van der Waals surface area contributed by atoms with Crippen LogP contribution in [0.4, 0.5) is 0 Å². The summed E-state index contributed by atoms with van der Waals surface area (Å²) < 4.78 is 0. The normalized spacial score (nSPS) is 34.0. The second kappa shape index (κ2) is 3.75. The number of aliphatic hydroxyl groups is 1. The molecular formula is C10H21NO. The molecule has 12 heavy (non-hydrogen) atoms. The molecule has 0 aromatic carbocycles. The zero-order valence-corrected chi connectivity index (χ0v) is 8.51. The Morgan fingerprint density at radius 2 is 2.25 bits per heavy atom. The summed E-state index contributed by atoms with van der Waals surface area (Å²) in [6, 6.07) is 0.643. The number of hydrogen-bond acceptors (Lipinski definition) is 2. The molecule has 1 aliphatic rings. The van der Waals surface area contributed by atoms with Crippen LogP contribution in [0.1, 0.15) is 40.0 Å². The molecule has 2 atom stereocenters. The number of nitrogens with zero attached hydrogens (tertiary/aromatic N) is 1. The van der Waals surface area contributed by atoms with E-state index in [0.29, 0.717) is 6.04 Å². The van der Waals surface area contributed by atoms with Gasteiger partial charge < -0.3 is 5.11 Å². The molecule has 72 valence electrons. The van der Waals surface area contributed by atoms with Crippen LogP contribution in [0.15, 0.2) is 0 Å². The van der Waals surface area contributed by atoms with Gasteiger partial charge in [-0.15, -0.1) is 0 Å². The second-order valence-corrected chi connectivity index (χ2v) is 4.36. The van der Waals surface area contributed by atoms with Crippen molar-refractivity contribution in [2.45, 2.75) is 51.7 Å². The fraction of sp³-hybridized carbons (Fsp3) is 1.00. The first-order valence-corrected chi connectivity index (χ1v) is 5.01. The summed E-state index contributed by atoms with van der Waals surface area (Å²) in [6.45, 7) is 8.32. The first-order valence-electron chi connectivity index (χ1n) is 5.01. The van der Waals surface area contributed by atoms with Crippen molar-refractivity contribution in [3.8, 4) is 0 Å². The molecule has 1 saturated heterocycles. The van der Waals surface area contributed by atoms with Gasteiger partial charge in [0.1, 0.15) is 0 Å². The predicted molar refractivity (Wildman–Crippen MR) is 51.2 cm³/mol. The monoisotopic (exact) mass is 171 g/mol. The highest BCUT2D eigenvalue weighted by molar-refractivity contribution is 4.87. The van der Waals surface area contributed by atoms with Crippen molar-refractivity contribution < 1.29 is 5.11 Å². The molecule has 1 fully saturated rings. The van der Waals surface area contributed by atoms with Gasteiger partial charge in [-0.25, -0.2) is 0 Å². The highest BCUT2D eigenvalue weighted by Gasteiger charge is 2.32. The molecule has 0 saturated carbocycles. The van der Waals surface area contributed by atoms with Crippen LogP contribution < -0.4 is 0 Å². The minimum atomic E-state index is -0.429. The molecule has 1 heterocycles. The molecule has 2 unspecified atom stereocenters. The van der Waals surface area contributed by atoms with Gasteiger partial charge in [-0.2, -0.15) is 0 Å². The van der Waals surface area contributed by atoms with Crippen molar-refractivity contribution >= 4 is 0 Å². The average Bonchev–Trinajstić information content (AvgIpc) is 2.31. The Bertz CT molecular complexity index is 145. The van der Waals surface area contributed by atoms with Gasteiger partial charge in [0.15, 0.2) is 0 Å². The molecule has 2 nitrogen and oxygen atoms in total. The zero-order valence-electron chi connectivity index (χ0n) is 8.51. The standard InChI is InChI=1S/C10H21NO/c1-4-5-9(2)11-7-6-10(3,12)8-11/h9,12H,4-8H2,1-3H3. The number of hydrogen-bond donors (Lipinski definition) is 1. The topological polar surface area (TPSA) is 23.5 Å². The largest absolute Gasteiger partial charge is 0.389 e. The molecule has 0 bridgehead atoms. The molecule has 0 radical (unpaired) electrons. The summed E-state index contributed by atoms with van der Waals surface area (Å²) in [4.78, 5) is 2.39. The first-order chi connectivity index (χ1) is 5.55. The molecule has 0 aromatic heterocycles. The lowest BCUT2D eigenvalue weighted by molar-refractivity contribution is 0.0627. The van der Waals surface area contributed by atoms with Crippen LogP contribution in [-0.2, 0) is 0 Å². The van der Waals surface area contributed by atoms with E-state index < -0.39 is 5.60 Å². The van der Waals surface area contributed by atoms with Crippen LogP contribution in [0.3, 0.4) is 0 Å². The molecule has 1 N–H and O–H groups in total. The molecule has 0 spiro atoms. The molecule has 1 rings (SSSR count). The second-order valence-electron chi connectivity index (χ2n) is 4.36. The van der Waals surface area contributed by atoms with Crippen LogP contribution in [0.5, 0.6) is 0 Å². The van der Waals surface area contributed by atoms with Gasteiger partial charge in [0.2, 0.25) is 0 Å². The lowest BCUT2D eigenvalue weighted by atomic mass is 10.1. The van der Waals surface area contributed by atoms with Gasteiger partial charge in [-0.1, -0.05) is 13.3 Å². The van der Waals surface area contributed by atoms with E-state index in [4.69, 9.17) is 0 Å². The lowest BCUT2D eigenvalue weighted by Gasteiger charge is -2.25. The Labute approximate surface area is 75.6 Å². The van der Waals surface area contributed by atoms with E-state index in [1.54, 1.807) is 0 Å². The van der Waals surface area contributed by atoms with Crippen molar-refractivity contribution in [1.82, 2.24) is 4.90 Å². The van der Waals surface area contributed by atoms with Crippen molar-refractivity contribution in [2.24, 2.45) is 0 Å². The third-order valence-corrected chi connectivity index (χ3v) is 2.81. The van der Waals surface area contributed by atoms with E-state index in [2.05, 4.69) is 18.7 Å². The zero-order chi connectivity index (χ0) is 9.19. The minimum absolute atomic E-state index is 0.429. The fourth-order valence-electron chi connectivity index (χ4n) is 1.96. The van der Waals surface area contributed by atoms with Gasteiger partial charge in [-0.3, -0.25) is 4.90 Å². The lowest BCUT2D eigenvalue weighted by Crippen LogP contribution is -2.35. The molecule has 0 amide bonds. The summed E-state index contributed by atoms with van der Waals surface area (Å²) >= 11 is 0. The molecule has 0 aliphatic carbocycles. The first kappa shape index (κ1) is 10.0. The van der Waals surface area contributed by atoms with Crippen molar-refractivity contribution in [3.63, 3.8) is 0 Å². The van der Waals surface area contributed by atoms with E-state index in [9.17, 15) is 5.11 Å². The highest BCUT2D eigenvalue weighted by atomic mass is 16.3. The Morgan fingerprint density at radius 1 is 1.58 bits per heavy atom. The van der Waals surface area contributed by atoms with E-state index >= 15 is 0 Å². The summed E-state index contributed by atoms with van der Waals surface area (Å²) in [5.74, 6) is 0. The van der Waals surface area contributed by atoms with Crippen molar-refractivity contribution in [3.05, 3.63) is 0 Å². The Kier molecular flexibility index (Phi) is 3.13. The van der Waals surface area contributed by atoms with Gasteiger partial charge in [-0.05, 0) is 26.7 Å². The van der Waals surface area contributed by atoms with Crippen molar-refractivity contribution in [2.75, 3.05) is 13.1 Å². The highest BCUT2D eigenvalue weighted by Crippen LogP contribution is 2.23. The quantitative estimate of drug-likeness (QED) is 0.697. The molecule has 2 heteroatoms. The van der Waals surface area contributed by atoms with Crippen molar-refractivity contribution in [1.29, 1.82) is 0 Å². The van der Waals surface area contributed by atoms with Gasteiger partial charge in [0.25, 0.3) is 0 Å². The third kappa shape index (κ3) is 2.46. The maximum Gasteiger partial charge on any atom is 0.0758 e. The van der Waals surface area contributed by atoms with Gasteiger partial charge in [0.05, 0.1) is 5.60 Å². The van der Waals surface area contributed by atoms with Gasteiger partial charge in [0, 0.05) is 19.1 Å². The van der Waals surface area contributed by atoms with E-state index in [1.807, 2.05) is 6.92 Å². The maximum absolute atomic E-state index is 9.74. The van der Waals surface area contributed by atoms with Crippen LogP contribution in [-0.4, -0.2) is 34.7 Å². The minimum Gasteiger partial charge on any atom is -0.389 e. The Morgan fingerprint density at radius 3 is 2.67 bits per heavy atom. The smallest absolute Gasteiger partial charge is 0.0758 e. The van der Waals surface area contributed by atoms with Crippen LogP contribution >= 0.6 is 0 Å². The van der Waals surface area contributed by atoms with Gasteiger partial charge >= 0.3 is 0 Å². The Balaban J connectivity index is 2.36. The third-order valence-electron chi connectivity index (χ3n) is 2.81. The predicted octanol–water partition coefficient (Wildman–Crippen LogP) is 1.63. The molecule has 0 aromatic rings. The number of likely N-dealkylation sites (tertiary alicyclic amines) is 1. The average molecular weight is 171 g/mol. The molecule has 1 aliphatic heterocycles. The van der Waals surface area contributed by atoms with E-state index in [-0.39, 0.29) is 0 Å². The summed E-state index contributed by atoms with van der Waals surface area (Å²) in [5.41, 5.74) is -0.429. The maximum atomic E-state index is 9.74. The molecular weight excluding hydrogens is 150 g/mol. The summed E-state index contributed by atoms with van der Waals surface area (Å²) in [5, 5.41) is 9.74. The van der Waals surface area contributed by atoms with E-state index in [1.165, 1.54) is 12.8 Å². The Hall–Kier alpha value is -0.0800. The summed E-state index contributed by atoms with van der Waals surface area (Å²) in [7, 11) is 0.